The van der Waals surface area contributed by atoms with Gasteiger partial charge in [-0.2, -0.15) is 0 Å². The standard InChI is InChI=1S/C32H44N2O8/c1-21-7-12-28(36)30(21)34-31(38)24(17-23-8-10-25(11-9-23)41-16-14-35)19-29(37)27(18-22-5-3-2-4-6-22)33-32(39)42-26-13-15-40-20-26/h2-6,8-11,21,24,26-30,35-37H,7,12-20H2,1H3,(H,33,39)(H,34,38)/t21-,24-,26+,27+,28-,29+,30+/m1/s1. The van der Waals surface area contributed by atoms with Crippen molar-refractivity contribution in [2.75, 3.05) is 26.4 Å². The van der Waals surface area contributed by atoms with Gasteiger partial charge < -0.3 is 40.2 Å². The minimum atomic E-state index is -1.06. The Balaban J connectivity index is 1.50. The van der Waals surface area contributed by atoms with Crippen LogP contribution in [0.2, 0.25) is 0 Å². The van der Waals surface area contributed by atoms with Crippen molar-refractivity contribution in [3.8, 4) is 5.75 Å². The van der Waals surface area contributed by atoms with Gasteiger partial charge in [-0.05, 0) is 61.3 Å². The molecule has 2 fully saturated rings. The van der Waals surface area contributed by atoms with Crippen molar-refractivity contribution in [1.29, 1.82) is 0 Å². The van der Waals surface area contributed by atoms with E-state index in [0.29, 0.717) is 44.6 Å². The van der Waals surface area contributed by atoms with Gasteiger partial charge in [0.1, 0.15) is 18.5 Å². The second kappa shape index (κ2) is 15.9. The normalized spacial score (nSPS) is 24.0. The zero-order chi connectivity index (χ0) is 29.9. The van der Waals surface area contributed by atoms with Crippen molar-refractivity contribution in [3.05, 3.63) is 65.7 Å². The van der Waals surface area contributed by atoms with Crippen LogP contribution >= 0.6 is 0 Å². The first-order valence-electron chi connectivity index (χ1n) is 14.9. The van der Waals surface area contributed by atoms with Gasteiger partial charge in [0.25, 0.3) is 0 Å². The average Bonchev–Trinajstić information content (AvgIpc) is 3.61. The molecule has 2 amide bonds. The van der Waals surface area contributed by atoms with Crippen LogP contribution in [0.4, 0.5) is 4.79 Å². The van der Waals surface area contributed by atoms with Crippen LogP contribution in [0.15, 0.2) is 54.6 Å². The molecule has 230 valence electrons. The van der Waals surface area contributed by atoms with E-state index in [9.17, 15) is 19.8 Å². The maximum absolute atomic E-state index is 13.7. The molecule has 42 heavy (non-hydrogen) atoms. The fourth-order valence-electron chi connectivity index (χ4n) is 5.70. The molecule has 10 nitrogen and oxygen atoms in total. The van der Waals surface area contributed by atoms with Gasteiger partial charge in [-0.1, -0.05) is 49.4 Å². The predicted molar refractivity (Wildman–Crippen MR) is 156 cm³/mol. The fraction of sp³-hybridized carbons (Fsp3) is 0.562. The first-order valence-corrected chi connectivity index (χ1v) is 14.9. The lowest BCUT2D eigenvalue weighted by Gasteiger charge is -2.29. The summed E-state index contributed by atoms with van der Waals surface area (Å²) in [6, 6.07) is 15.7. The third-order valence-corrected chi connectivity index (χ3v) is 8.14. The minimum Gasteiger partial charge on any atom is -0.491 e. The number of carbonyl (C=O) groups excluding carboxylic acids is 2. The first-order chi connectivity index (χ1) is 20.3. The zero-order valence-corrected chi connectivity index (χ0v) is 24.2. The number of aliphatic hydroxyl groups excluding tert-OH is 3. The van der Waals surface area contributed by atoms with Crippen LogP contribution in [0.5, 0.6) is 5.75 Å². The number of hydrogen-bond donors (Lipinski definition) is 5. The van der Waals surface area contributed by atoms with Crippen LogP contribution in [-0.2, 0) is 27.1 Å². The smallest absolute Gasteiger partial charge is 0.407 e. The van der Waals surface area contributed by atoms with Gasteiger partial charge in [0.05, 0.1) is 44.1 Å². The summed E-state index contributed by atoms with van der Waals surface area (Å²) in [6.45, 7) is 2.99. The predicted octanol–water partition coefficient (Wildman–Crippen LogP) is 2.37. The number of carbonyl (C=O) groups is 2. The maximum Gasteiger partial charge on any atom is 0.407 e. The van der Waals surface area contributed by atoms with Gasteiger partial charge in [-0.25, -0.2) is 4.79 Å². The maximum atomic E-state index is 13.7. The molecule has 10 heteroatoms. The number of benzene rings is 2. The second-order valence-electron chi connectivity index (χ2n) is 11.4. The van der Waals surface area contributed by atoms with Crippen LogP contribution in [0.1, 0.15) is 43.7 Å². The molecule has 1 aliphatic carbocycles. The molecule has 1 saturated heterocycles. The van der Waals surface area contributed by atoms with E-state index < -0.39 is 30.3 Å². The topological polar surface area (TPSA) is 147 Å². The Hall–Kier alpha value is -3.18. The SMILES string of the molecule is C[C@@H]1CC[C@@H](O)[C@H]1NC(=O)[C@H](Cc1ccc(OCCO)cc1)C[C@H](O)[C@H](Cc1ccccc1)NC(=O)O[C@H]1CCOC1. The van der Waals surface area contributed by atoms with Crippen molar-refractivity contribution in [1.82, 2.24) is 10.6 Å². The number of hydrogen-bond acceptors (Lipinski definition) is 8. The van der Waals surface area contributed by atoms with E-state index in [1.165, 1.54) is 0 Å². The number of aliphatic hydroxyl groups is 3. The number of alkyl carbamates (subject to hydrolysis) is 1. The van der Waals surface area contributed by atoms with Crippen LogP contribution in [-0.4, -0.2) is 84.1 Å². The van der Waals surface area contributed by atoms with Gasteiger partial charge in [0.2, 0.25) is 5.91 Å². The zero-order valence-electron chi connectivity index (χ0n) is 24.2. The number of ether oxygens (including phenoxy) is 3. The van der Waals surface area contributed by atoms with Gasteiger partial charge in [-0.15, -0.1) is 0 Å². The summed E-state index contributed by atoms with van der Waals surface area (Å²) >= 11 is 0. The highest BCUT2D eigenvalue weighted by molar-refractivity contribution is 5.79. The lowest BCUT2D eigenvalue weighted by atomic mass is 9.88. The minimum absolute atomic E-state index is 0.0795. The lowest BCUT2D eigenvalue weighted by Crippen LogP contribution is -2.49. The Morgan fingerprint density at radius 3 is 2.40 bits per heavy atom. The number of nitrogens with one attached hydrogen (secondary N) is 2. The molecule has 2 aliphatic rings. The highest BCUT2D eigenvalue weighted by atomic mass is 16.6. The van der Waals surface area contributed by atoms with E-state index >= 15 is 0 Å². The van der Waals surface area contributed by atoms with Gasteiger partial charge in [-0.3, -0.25) is 4.79 Å². The molecule has 1 saturated carbocycles. The van der Waals surface area contributed by atoms with Gasteiger partial charge in [0, 0.05) is 12.3 Å². The molecule has 0 unspecified atom stereocenters. The molecule has 0 aromatic heterocycles. The molecule has 2 aromatic rings. The highest BCUT2D eigenvalue weighted by Gasteiger charge is 2.36. The molecule has 2 aromatic carbocycles. The summed E-state index contributed by atoms with van der Waals surface area (Å²) < 4.78 is 16.3. The molecule has 5 N–H and O–H groups in total. The van der Waals surface area contributed by atoms with E-state index in [0.717, 1.165) is 17.5 Å². The quantitative estimate of drug-likeness (QED) is 0.228. The first kappa shape index (κ1) is 31.7. The van der Waals surface area contributed by atoms with Crippen LogP contribution in [0, 0.1) is 11.8 Å². The monoisotopic (exact) mass is 584 g/mol. The van der Waals surface area contributed by atoms with Crippen LogP contribution in [0.3, 0.4) is 0 Å². The summed E-state index contributed by atoms with van der Waals surface area (Å²) in [5, 5.41) is 36.9. The summed E-state index contributed by atoms with van der Waals surface area (Å²) in [5.74, 6) is -0.144. The van der Waals surface area contributed by atoms with Crippen molar-refractivity contribution >= 4 is 12.0 Å². The fourth-order valence-corrected chi connectivity index (χ4v) is 5.70. The summed E-state index contributed by atoms with van der Waals surface area (Å²) in [5.41, 5.74) is 1.79. The van der Waals surface area contributed by atoms with Crippen molar-refractivity contribution in [3.63, 3.8) is 0 Å². The molecular formula is C32H44N2O8. The largest absolute Gasteiger partial charge is 0.491 e. The van der Waals surface area contributed by atoms with Crippen LogP contribution < -0.4 is 15.4 Å². The molecule has 0 bridgehead atoms. The molecule has 7 atom stereocenters. The van der Waals surface area contributed by atoms with E-state index in [1.54, 1.807) is 12.1 Å². The molecule has 4 rings (SSSR count). The van der Waals surface area contributed by atoms with Crippen molar-refractivity contribution in [2.45, 2.75) is 75.8 Å². The third kappa shape index (κ3) is 9.42. The van der Waals surface area contributed by atoms with E-state index in [1.807, 2.05) is 49.4 Å². The molecular weight excluding hydrogens is 540 g/mol. The summed E-state index contributed by atoms with van der Waals surface area (Å²) in [6.07, 6.45) is 0.204. The molecule has 0 spiro atoms. The Labute approximate surface area is 247 Å². The Kier molecular flexibility index (Phi) is 12.0. The molecule has 0 radical (unpaired) electrons. The Morgan fingerprint density at radius 1 is 1.02 bits per heavy atom. The van der Waals surface area contributed by atoms with Crippen LogP contribution in [0.25, 0.3) is 0 Å². The molecule has 1 aliphatic heterocycles. The summed E-state index contributed by atoms with van der Waals surface area (Å²) in [4.78, 5) is 26.4. The van der Waals surface area contributed by atoms with Gasteiger partial charge in [0.15, 0.2) is 0 Å². The second-order valence-corrected chi connectivity index (χ2v) is 11.4. The third-order valence-electron chi connectivity index (χ3n) is 8.14. The number of rotatable bonds is 14. The van der Waals surface area contributed by atoms with Crippen molar-refractivity contribution < 1.29 is 39.1 Å². The van der Waals surface area contributed by atoms with Gasteiger partial charge >= 0.3 is 6.09 Å². The van der Waals surface area contributed by atoms with E-state index in [-0.39, 0.29) is 43.6 Å². The van der Waals surface area contributed by atoms with E-state index in [4.69, 9.17) is 19.3 Å². The highest BCUT2D eigenvalue weighted by Crippen LogP contribution is 2.27. The summed E-state index contributed by atoms with van der Waals surface area (Å²) in [7, 11) is 0. The molecule has 1 heterocycles. The van der Waals surface area contributed by atoms with E-state index in [2.05, 4.69) is 10.6 Å². The van der Waals surface area contributed by atoms with Crippen molar-refractivity contribution in [2.24, 2.45) is 11.8 Å². The Bertz CT molecular complexity index is 1100. The number of amides is 2. The average molecular weight is 585 g/mol. The Morgan fingerprint density at radius 2 is 1.76 bits per heavy atom. The lowest BCUT2D eigenvalue weighted by molar-refractivity contribution is -0.127.